The zero-order valence-corrected chi connectivity index (χ0v) is 11.8. The molecule has 3 aromatic rings. The Bertz CT molecular complexity index is 778. The van der Waals surface area contributed by atoms with Gasteiger partial charge in [0.2, 0.25) is 11.0 Å². The summed E-state index contributed by atoms with van der Waals surface area (Å²) in [6.07, 6.45) is 0. The molecule has 0 spiro atoms. The summed E-state index contributed by atoms with van der Waals surface area (Å²) in [5.41, 5.74) is 5.72. The molecule has 1 aromatic heterocycles. The summed E-state index contributed by atoms with van der Waals surface area (Å²) in [5.74, 6) is 0. The number of nitro groups is 1. The minimum absolute atomic E-state index is 0.129. The van der Waals surface area contributed by atoms with E-state index in [4.69, 9.17) is 0 Å². The molecule has 0 saturated carbocycles. The predicted octanol–water partition coefficient (Wildman–Crippen LogP) is 3.45. The van der Waals surface area contributed by atoms with Crippen LogP contribution in [0.1, 0.15) is 11.1 Å². The molecule has 100 valence electrons. The number of thiazole rings is 1. The molecule has 0 aliphatic carbocycles. The summed E-state index contributed by atoms with van der Waals surface area (Å²) in [6, 6.07) is 13.1. The number of hydrogen-bond donors (Lipinski definition) is 0. The number of hydrogen-bond acceptors (Lipinski definition) is 3. The maximum absolute atomic E-state index is 10.6. The second-order valence-corrected chi connectivity index (χ2v) is 5.63. The van der Waals surface area contributed by atoms with Crippen molar-refractivity contribution in [2.45, 2.75) is 13.5 Å². The number of nitrogens with zero attached hydrogens (tertiary/aromatic N) is 2. The van der Waals surface area contributed by atoms with E-state index < -0.39 is 0 Å². The zero-order valence-electron chi connectivity index (χ0n) is 10.9. The highest BCUT2D eigenvalue weighted by Crippen LogP contribution is 2.18. The van der Waals surface area contributed by atoms with Crippen molar-refractivity contribution in [1.82, 2.24) is 0 Å². The first-order valence-electron chi connectivity index (χ1n) is 6.24. The summed E-state index contributed by atoms with van der Waals surface area (Å²) in [5, 5.41) is 10.6. The average molecular weight is 285 g/mol. The van der Waals surface area contributed by atoms with Gasteiger partial charge in [0.25, 0.3) is 5.69 Å². The SMILES string of the molecule is Cc1ccc2c(c1)sc[n+]2Cc1ccc([N+](=O)[O-])cc1. The second kappa shape index (κ2) is 5.02. The predicted molar refractivity (Wildman–Crippen MR) is 79.0 cm³/mol. The van der Waals surface area contributed by atoms with Crippen LogP contribution in [0.5, 0.6) is 0 Å². The van der Waals surface area contributed by atoms with Gasteiger partial charge < -0.3 is 0 Å². The van der Waals surface area contributed by atoms with E-state index in [0.29, 0.717) is 0 Å². The van der Waals surface area contributed by atoms with Crippen molar-refractivity contribution in [3.63, 3.8) is 0 Å². The minimum atomic E-state index is -0.375. The van der Waals surface area contributed by atoms with E-state index in [-0.39, 0.29) is 10.6 Å². The molecule has 0 atom stereocenters. The number of aryl methyl sites for hydroxylation is 1. The first-order valence-corrected chi connectivity index (χ1v) is 7.12. The highest BCUT2D eigenvalue weighted by Gasteiger charge is 2.13. The maximum Gasteiger partial charge on any atom is 0.269 e. The van der Waals surface area contributed by atoms with E-state index in [2.05, 4.69) is 35.2 Å². The molecule has 0 bridgehead atoms. The van der Waals surface area contributed by atoms with Crippen molar-refractivity contribution in [1.29, 1.82) is 0 Å². The Morgan fingerprint density at radius 2 is 1.95 bits per heavy atom. The van der Waals surface area contributed by atoms with Gasteiger partial charge in [0, 0.05) is 23.8 Å². The van der Waals surface area contributed by atoms with E-state index in [1.807, 2.05) is 12.1 Å². The van der Waals surface area contributed by atoms with Gasteiger partial charge in [0.05, 0.1) is 4.92 Å². The Hall–Kier alpha value is -2.27. The summed E-state index contributed by atoms with van der Waals surface area (Å²) < 4.78 is 3.42. The Balaban J connectivity index is 1.91. The maximum atomic E-state index is 10.6. The molecule has 0 amide bonds. The first-order chi connectivity index (χ1) is 9.63. The standard InChI is InChI=1S/C15H13N2O2S/c1-11-2-7-14-15(8-11)20-10-16(14)9-12-3-5-13(6-4-12)17(18)19/h2-8,10H,9H2,1H3/q+1. The number of aromatic nitrogens is 1. The fourth-order valence-corrected chi connectivity index (χ4v) is 3.16. The van der Waals surface area contributed by atoms with Crippen LogP contribution in [0.2, 0.25) is 0 Å². The van der Waals surface area contributed by atoms with Crippen LogP contribution >= 0.6 is 11.3 Å². The smallest absolute Gasteiger partial charge is 0.258 e. The van der Waals surface area contributed by atoms with Crippen LogP contribution in [-0.2, 0) is 6.54 Å². The monoisotopic (exact) mass is 285 g/mol. The molecule has 0 aliphatic rings. The minimum Gasteiger partial charge on any atom is -0.258 e. The molecular weight excluding hydrogens is 272 g/mol. The van der Waals surface area contributed by atoms with Gasteiger partial charge in [-0.2, -0.15) is 4.57 Å². The Labute approximate surface area is 120 Å². The van der Waals surface area contributed by atoms with Gasteiger partial charge in [-0.1, -0.05) is 17.4 Å². The van der Waals surface area contributed by atoms with E-state index in [9.17, 15) is 10.1 Å². The molecule has 2 aromatic carbocycles. The first kappa shape index (κ1) is 12.7. The van der Waals surface area contributed by atoms with Crippen LogP contribution in [-0.4, -0.2) is 4.92 Å². The van der Waals surface area contributed by atoms with Gasteiger partial charge in [-0.05, 0) is 30.7 Å². The van der Waals surface area contributed by atoms with Crippen LogP contribution in [0.3, 0.4) is 0 Å². The van der Waals surface area contributed by atoms with Crippen LogP contribution in [0.4, 0.5) is 5.69 Å². The Morgan fingerprint density at radius 3 is 2.65 bits per heavy atom. The van der Waals surface area contributed by atoms with Crippen molar-refractivity contribution < 1.29 is 9.49 Å². The number of rotatable bonds is 3. The molecule has 0 radical (unpaired) electrons. The fourth-order valence-electron chi connectivity index (χ4n) is 2.17. The van der Waals surface area contributed by atoms with Gasteiger partial charge >= 0.3 is 0 Å². The van der Waals surface area contributed by atoms with E-state index in [0.717, 1.165) is 12.1 Å². The van der Waals surface area contributed by atoms with Gasteiger partial charge in [-0.3, -0.25) is 10.1 Å². The third kappa shape index (κ3) is 2.40. The number of nitro benzene ring substituents is 1. The molecule has 0 saturated heterocycles. The molecule has 0 aliphatic heterocycles. The molecule has 1 heterocycles. The lowest BCUT2D eigenvalue weighted by Crippen LogP contribution is -2.31. The second-order valence-electron chi connectivity index (χ2n) is 4.75. The van der Waals surface area contributed by atoms with Gasteiger partial charge in [-0.15, -0.1) is 0 Å². The molecule has 20 heavy (non-hydrogen) atoms. The van der Waals surface area contributed by atoms with Crippen LogP contribution in [0.25, 0.3) is 10.2 Å². The highest BCUT2D eigenvalue weighted by atomic mass is 32.1. The van der Waals surface area contributed by atoms with Crippen molar-refractivity contribution in [3.05, 3.63) is 69.2 Å². The van der Waals surface area contributed by atoms with Gasteiger partial charge in [0.1, 0.15) is 4.70 Å². The number of non-ortho nitro benzene ring substituents is 1. The Morgan fingerprint density at radius 1 is 1.20 bits per heavy atom. The van der Waals surface area contributed by atoms with Crippen molar-refractivity contribution in [3.8, 4) is 0 Å². The van der Waals surface area contributed by atoms with Crippen LogP contribution < -0.4 is 4.57 Å². The molecule has 0 unspecified atom stereocenters. The average Bonchev–Trinajstić information content (AvgIpc) is 2.81. The summed E-state index contributed by atoms with van der Waals surface area (Å²) in [4.78, 5) is 10.3. The third-order valence-corrected chi connectivity index (χ3v) is 4.17. The lowest BCUT2D eigenvalue weighted by atomic mass is 10.2. The molecular formula is C15H13N2O2S+. The zero-order chi connectivity index (χ0) is 14.1. The summed E-state index contributed by atoms with van der Waals surface area (Å²) in [6.45, 7) is 2.81. The van der Waals surface area contributed by atoms with Gasteiger partial charge in [-0.25, -0.2) is 0 Å². The largest absolute Gasteiger partial charge is 0.269 e. The van der Waals surface area contributed by atoms with E-state index >= 15 is 0 Å². The number of fused-ring (bicyclic) bond motifs is 1. The molecule has 4 nitrogen and oxygen atoms in total. The fraction of sp³-hybridized carbons (Fsp3) is 0.133. The van der Waals surface area contributed by atoms with E-state index in [1.165, 1.54) is 15.8 Å². The van der Waals surface area contributed by atoms with Gasteiger partial charge in [0.15, 0.2) is 6.54 Å². The molecule has 0 N–H and O–H groups in total. The quantitative estimate of drug-likeness (QED) is 0.420. The molecule has 5 heteroatoms. The van der Waals surface area contributed by atoms with Crippen molar-refractivity contribution in [2.75, 3.05) is 0 Å². The summed E-state index contributed by atoms with van der Waals surface area (Å²) >= 11 is 1.71. The van der Waals surface area contributed by atoms with E-state index in [1.54, 1.807) is 23.5 Å². The Kier molecular flexibility index (Phi) is 3.20. The lowest BCUT2D eigenvalue weighted by Gasteiger charge is -1.97. The third-order valence-electron chi connectivity index (χ3n) is 3.23. The van der Waals surface area contributed by atoms with Crippen LogP contribution in [0.15, 0.2) is 48.0 Å². The van der Waals surface area contributed by atoms with Crippen molar-refractivity contribution in [2.24, 2.45) is 0 Å². The number of benzene rings is 2. The lowest BCUT2D eigenvalue weighted by molar-refractivity contribution is -0.658. The highest BCUT2D eigenvalue weighted by molar-refractivity contribution is 7.16. The molecule has 3 rings (SSSR count). The normalized spacial score (nSPS) is 10.8. The summed E-state index contributed by atoms with van der Waals surface area (Å²) in [7, 11) is 0. The molecule has 0 fully saturated rings. The van der Waals surface area contributed by atoms with Crippen LogP contribution in [0, 0.1) is 17.0 Å². The van der Waals surface area contributed by atoms with Crippen molar-refractivity contribution >= 4 is 27.2 Å². The topological polar surface area (TPSA) is 47.0 Å².